The van der Waals surface area contributed by atoms with E-state index in [1.54, 1.807) is 6.07 Å². The van der Waals surface area contributed by atoms with Gasteiger partial charge in [-0.15, -0.1) is 48.0 Å². The Hall–Kier alpha value is -7.22. The molecule has 1 radical (unpaired) electrons. The fraction of sp³-hybridized carbons (Fsp3) is 0.239. The molecule has 79 heavy (non-hydrogen) atoms. The van der Waals surface area contributed by atoms with Crippen molar-refractivity contribution >= 4 is 68.2 Å². The Morgan fingerprint density at radius 2 is 1.23 bits per heavy atom. The molecule has 13 rings (SSSR count). The number of para-hydroxylation sites is 3. The number of fused-ring (bicyclic) bond motifs is 8. The topological polar surface area (TPSA) is 57.0 Å². The van der Waals surface area contributed by atoms with Crippen LogP contribution in [0.2, 0.25) is 19.6 Å². The van der Waals surface area contributed by atoms with Crippen LogP contribution in [0.1, 0.15) is 102 Å². The summed E-state index contributed by atoms with van der Waals surface area (Å²) in [7, 11) is -1.30. The van der Waals surface area contributed by atoms with Crippen molar-refractivity contribution in [3.63, 3.8) is 0 Å². The molecule has 5 nitrogen and oxygen atoms in total. The monoisotopic (exact) mass is 1230 g/mol. The molecule has 0 unspecified atom stereocenters. The van der Waals surface area contributed by atoms with Gasteiger partial charge in [0.15, 0.2) is 0 Å². The number of aromatic nitrogens is 3. The summed E-state index contributed by atoms with van der Waals surface area (Å²) in [6, 6.07) is 61.3. The summed E-state index contributed by atoms with van der Waals surface area (Å²) >= 11 is 0. The summed E-state index contributed by atoms with van der Waals surface area (Å²) in [5, 5.41) is 5.48. The van der Waals surface area contributed by atoms with Crippen LogP contribution in [-0.2, 0) is 30.9 Å². The molecule has 0 amide bonds. The molecule has 8 heteroatoms. The smallest absolute Gasteiger partial charge is 0.136 e. The quantitative estimate of drug-likeness (QED) is 0.112. The van der Waals surface area contributed by atoms with Crippen molar-refractivity contribution in [3.8, 4) is 50.6 Å². The molecule has 0 saturated carbocycles. The van der Waals surface area contributed by atoms with Gasteiger partial charge in [0, 0.05) is 54.0 Å². The fourth-order valence-corrected chi connectivity index (χ4v) is 12.8. The van der Waals surface area contributed by atoms with E-state index in [1.165, 1.54) is 80.4 Å². The average Bonchev–Trinajstić information content (AvgIpc) is 4.36. The maximum atomic E-state index is 12.8. The van der Waals surface area contributed by atoms with Crippen molar-refractivity contribution < 1.29 is 33.3 Å². The molecule has 4 aromatic heterocycles. The van der Waals surface area contributed by atoms with Gasteiger partial charge in [0.1, 0.15) is 16.7 Å². The number of hydrogen-bond donors (Lipinski definition) is 0. The number of hydrogen-bond acceptors (Lipinski definition) is 4. The summed E-state index contributed by atoms with van der Waals surface area (Å²) in [5.74, 6) is 1.02. The fourth-order valence-electron chi connectivity index (χ4n) is 11.7. The normalized spacial score (nSPS) is 14.1. The number of furan rings is 2. The molecule has 12 aromatic rings. The standard InChI is InChI=1S/C57H51N2O2.C14H15FNSi.Ir/c1-33(2)42-28-38(36-22-20-35(21-23-36)37-24-25-46-47(30-37)57(7,8)27-26-56(46,5)6)29-43(34(3)4)53(42)59-49-18-11-10-17-48(49)58-55(59)41-16-13-15-40-45-32-51-44(31-52(45)61-54(40)41)39-14-9-12-19-50(39)60-51;1-17(2,3)13-8-9-14(16-10-13)11-4-6-12(15)7-5-11;/h9-15,17-25,28-34H,26-27H2,1-8H3;4,6-10H,1-3H3;/q2*-1;. The minimum atomic E-state index is -1.30. The van der Waals surface area contributed by atoms with Gasteiger partial charge < -0.3 is 18.4 Å². The van der Waals surface area contributed by atoms with Gasteiger partial charge in [-0.25, -0.2) is 0 Å². The van der Waals surface area contributed by atoms with Gasteiger partial charge in [0.25, 0.3) is 0 Å². The van der Waals surface area contributed by atoms with Crippen molar-refractivity contribution in [1.29, 1.82) is 0 Å². The zero-order valence-corrected chi connectivity index (χ0v) is 50.4. The summed E-state index contributed by atoms with van der Waals surface area (Å²) in [6.45, 7) is 25.7. The van der Waals surface area contributed by atoms with Crippen LogP contribution in [0.15, 0.2) is 173 Å². The largest absolute Gasteiger partial charge is 0.501 e. The van der Waals surface area contributed by atoms with Crippen LogP contribution in [-0.4, -0.2) is 22.6 Å². The van der Waals surface area contributed by atoms with E-state index in [9.17, 15) is 4.39 Å². The van der Waals surface area contributed by atoms with Crippen LogP contribution < -0.4 is 5.19 Å². The van der Waals surface area contributed by atoms with Crippen molar-refractivity contribution in [2.75, 3.05) is 0 Å². The first kappa shape index (κ1) is 53.8. The number of benzene rings is 8. The summed E-state index contributed by atoms with van der Waals surface area (Å²) in [6.07, 6.45) is 4.36. The Morgan fingerprint density at radius 1 is 0.595 bits per heavy atom. The van der Waals surface area contributed by atoms with Crippen molar-refractivity contribution in [2.24, 2.45) is 0 Å². The second-order valence-electron chi connectivity index (χ2n) is 24.4. The zero-order valence-electron chi connectivity index (χ0n) is 47.0. The van der Waals surface area contributed by atoms with E-state index >= 15 is 0 Å². The van der Waals surface area contributed by atoms with Crippen LogP contribution in [0.4, 0.5) is 4.39 Å². The van der Waals surface area contributed by atoms with Crippen LogP contribution in [0.25, 0.3) is 105 Å². The third-order valence-electron chi connectivity index (χ3n) is 16.4. The Bertz CT molecular complexity index is 4220. The van der Waals surface area contributed by atoms with Crippen LogP contribution in [0.5, 0.6) is 0 Å². The first-order valence-corrected chi connectivity index (χ1v) is 31.1. The first-order valence-electron chi connectivity index (χ1n) is 27.6. The molecule has 4 heterocycles. The van der Waals surface area contributed by atoms with E-state index in [0.29, 0.717) is 0 Å². The summed E-state index contributed by atoms with van der Waals surface area (Å²) < 4.78 is 28.3. The first-order chi connectivity index (χ1) is 37.3. The minimum Gasteiger partial charge on any atom is -0.501 e. The number of imidazole rings is 1. The zero-order chi connectivity index (χ0) is 54.4. The molecule has 0 fully saturated rings. The van der Waals surface area contributed by atoms with Gasteiger partial charge in [0.2, 0.25) is 0 Å². The Kier molecular flexibility index (Phi) is 13.9. The van der Waals surface area contributed by atoms with Gasteiger partial charge in [-0.05, 0) is 133 Å². The van der Waals surface area contributed by atoms with Gasteiger partial charge in [0.05, 0.1) is 30.5 Å². The van der Waals surface area contributed by atoms with Crippen molar-refractivity contribution in [2.45, 2.75) is 111 Å². The van der Waals surface area contributed by atoms with Gasteiger partial charge in [-0.3, -0.25) is 9.37 Å². The molecule has 8 aromatic carbocycles. The summed E-state index contributed by atoms with van der Waals surface area (Å²) in [5.41, 5.74) is 19.9. The van der Waals surface area contributed by atoms with E-state index in [1.807, 2.05) is 30.5 Å². The SMILES string of the molecule is CC(C)c1cc(-c2ccc(-c3ccc4c(c3)C(C)(C)CCC4(C)C)cc2)cc(C(C)C)c1-n1c(-c2[c-]ccc3c2oc2cc4c(cc23)oc2ccccc24)nc2ccccc21.C[Si](C)(C)c1ccc(-c2[c-]cc(F)cc2)nc1.[Ir]. The molecule has 0 bridgehead atoms. The number of nitrogens with zero attached hydrogens (tertiary/aromatic N) is 3. The molecule has 0 N–H and O–H groups in total. The average molecular weight is 1230 g/mol. The number of rotatable bonds is 8. The Balaban J connectivity index is 0.000000314. The van der Waals surface area contributed by atoms with Crippen molar-refractivity contribution in [3.05, 3.63) is 204 Å². The number of halogens is 1. The minimum absolute atomic E-state index is 0. The maximum absolute atomic E-state index is 12.8. The molecule has 1 aliphatic carbocycles. The molecular weight excluding hydrogens is 1170 g/mol. The van der Waals surface area contributed by atoms with Crippen molar-refractivity contribution in [1.82, 2.24) is 14.5 Å². The van der Waals surface area contributed by atoms with E-state index in [4.69, 9.17) is 13.8 Å². The second kappa shape index (κ2) is 20.5. The van der Waals surface area contributed by atoms with Crippen LogP contribution >= 0.6 is 0 Å². The third kappa shape index (κ3) is 9.81. The van der Waals surface area contributed by atoms with Gasteiger partial charge in [-0.2, -0.15) is 0 Å². The van der Waals surface area contributed by atoms with Gasteiger partial charge in [-0.1, -0.05) is 171 Å². The predicted molar refractivity (Wildman–Crippen MR) is 326 cm³/mol. The molecule has 0 spiro atoms. The molecule has 0 aliphatic heterocycles. The van der Waals surface area contributed by atoms with E-state index < -0.39 is 8.07 Å². The second-order valence-corrected chi connectivity index (χ2v) is 29.5. The Morgan fingerprint density at radius 3 is 1.89 bits per heavy atom. The maximum Gasteiger partial charge on any atom is 0.136 e. The van der Waals surface area contributed by atoms with E-state index in [-0.39, 0.29) is 48.6 Å². The molecule has 399 valence electrons. The predicted octanol–water partition coefficient (Wildman–Crippen LogP) is 19.5. The molecule has 0 atom stereocenters. The third-order valence-corrected chi connectivity index (χ3v) is 18.5. The van der Waals surface area contributed by atoms with E-state index in [0.717, 1.165) is 77.6 Å². The van der Waals surface area contributed by atoms with Crippen LogP contribution in [0, 0.1) is 17.9 Å². The molecular formula is C71H66FIrN3O2Si-2. The molecule has 1 aliphatic rings. The Labute approximate surface area is 478 Å². The van der Waals surface area contributed by atoms with Gasteiger partial charge >= 0.3 is 0 Å². The number of pyridine rings is 1. The van der Waals surface area contributed by atoms with E-state index in [2.05, 4.69) is 212 Å². The molecule has 0 saturated heterocycles. The summed E-state index contributed by atoms with van der Waals surface area (Å²) in [4.78, 5) is 9.81. The van der Waals surface area contributed by atoms with Crippen LogP contribution in [0.3, 0.4) is 0 Å².